The molecule has 3 nitrogen and oxygen atoms in total. The van der Waals surface area contributed by atoms with Crippen LogP contribution in [-0.2, 0) is 9.47 Å². The highest BCUT2D eigenvalue weighted by Crippen LogP contribution is 2.17. The van der Waals surface area contributed by atoms with Crippen LogP contribution in [0.3, 0.4) is 0 Å². The molecular formula is C11H18O3. The molecule has 0 radical (unpaired) electrons. The molecule has 0 aliphatic heterocycles. The van der Waals surface area contributed by atoms with Gasteiger partial charge in [-0.2, -0.15) is 0 Å². The van der Waals surface area contributed by atoms with Gasteiger partial charge in [0.15, 0.2) is 5.60 Å². The molecule has 0 spiro atoms. The molecule has 0 aromatic rings. The maximum Gasteiger partial charge on any atom is 0.510 e. The van der Waals surface area contributed by atoms with Gasteiger partial charge in [-0.1, -0.05) is 12.8 Å². The molecule has 1 unspecified atom stereocenters. The molecular weight excluding hydrogens is 180 g/mol. The minimum Gasteiger partial charge on any atom is -0.429 e. The summed E-state index contributed by atoms with van der Waals surface area (Å²) in [5.74, 6) is 2.42. The van der Waals surface area contributed by atoms with Crippen molar-refractivity contribution in [1.29, 1.82) is 0 Å². The third kappa shape index (κ3) is 4.76. The first-order valence-electron chi connectivity index (χ1n) is 4.62. The Balaban J connectivity index is 4.27. The Labute approximate surface area is 85.8 Å². The molecule has 0 amide bonds. The summed E-state index contributed by atoms with van der Waals surface area (Å²) in [6.07, 6.45) is 5.08. The topological polar surface area (TPSA) is 35.5 Å². The molecule has 0 saturated heterocycles. The largest absolute Gasteiger partial charge is 0.510 e. The quantitative estimate of drug-likeness (QED) is 0.505. The lowest BCUT2D eigenvalue weighted by molar-refractivity contribution is -0.0414. The van der Waals surface area contributed by atoms with E-state index in [-0.39, 0.29) is 0 Å². The monoisotopic (exact) mass is 198 g/mol. The second-order valence-corrected chi connectivity index (χ2v) is 4.30. The molecule has 3 heteroatoms. The molecule has 0 aromatic heterocycles. The van der Waals surface area contributed by atoms with Crippen LogP contribution in [0.15, 0.2) is 0 Å². The van der Waals surface area contributed by atoms with Gasteiger partial charge < -0.3 is 9.47 Å². The van der Waals surface area contributed by atoms with E-state index in [1.54, 1.807) is 27.7 Å². The summed E-state index contributed by atoms with van der Waals surface area (Å²) in [4.78, 5) is 11.3. The van der Waals surface area contributed by atoms with Gasteiger partial charge >= 0.3 is 6.16 Å². The summed E-state index contributed by atoms with van der Waals surface area (Å²) in [6.45, 7) is 8.84. The van der Waals surface area contributed by atoms with Gasteiger partial charge in [-0.3, -0.25) is 0 Å². The van der Waals surface area contributed by atoms with Gasteiger partial charge in [0.1, 0.15) is 5.60 Å². The summed E-state index contributed by atoms with van der Waals surface area (Å²) in [5.41, 5.74) is -1.43. The zero-order chi connectivity index (χ0) is 11.4. The van der Waals surface area contributed by atoms with E-state index in [0.717, 1.165) is 0 Å². The maximum absolute atomic E-state index is 11.3. The highest BCUT2D eigenvalue weighted by molar-refractivity contribution is 5.61. The lowest BCUT2D eigenvalue weighted by atomic mass is 10.1. The number of carbonyl (C=O) groups excluding carboxylic acids is 1. The minimum absolute atomic E-state index is 0.555. The van der Waals surface area contributed by atoms with Crippen molar-refractivity contribution < 1.29 is 14.3 Å². The predicted molar refractivity (Wildman–Crippen MR) is 54.8 cm³/mol. The number of carbonyl (C=O) groups is 1. The summed E-state index contributed by atoms with van der Waals surface area (Å²) >= 11 is 0. The minimum atomic E-state index is -0.873. The second kappa shape index (κ2) is 4.36. The molecule has 0 heterocycles. The van der Waals surface area contributed by atoms with Crippen molar-refractivity contribution in [3.05, 3.63) is 0 Å². The first-order valence-corrected chi connectivity index (χ1v) is 4.62. The first kappa shape index (κ1) is 12.8. The van der Waals surface area contributed by atoms with Crippen molar-refractivity contribution in [3.8, 4) is 12.3 Å². The third-order valence-electron chi connectivity index (χ3n) is 1.68. The van der Waals surface area contributed by atoms with Crippen LogP contribution in [0, 0.1) is 12.3 Å². The molecule has 80 valence electrons. The van der Waals surface area contributed by atoms with Crippen LogP contribution in [0.2, 0.25) is 0 Å². The van der Waals surface area contributed by atoms with Gasteiger partial charge in [-0.05, 0) is 34.1 Å². The van der Waals surface area contributed by atoms with Crippen LogP contribution in [0.25, 0.3) is 0 Å². The first-order chi connectivity index (χ1) is 6.22. The number of terminal acetylenes is 1. The van der Waals surface area contributed by atoms with Crippen molar-refractivity contribution in [2.45, 2.75) is 52.2 Å². The van der Waals surface area contributed by atoms with Gasteiger partial charge in [0.05, 0.1) is 0 Å². The Morgan fingerprint density at radius 3 is 2.07 bits per heavy atom. The zero-order valence-electron chi connectivity index (χ0n) is 9.51. The lowest BCUT2D eigenvalue weighted by Crippen LogP contribution is -2.33. The molecule has 1 atom stereocenters. The molecule has 14 heavy (non-hydrogen) atoms. The number of hydrogen-bond donors (Lipinski definition) is 0. The Morgan fingerprint density at radius 1 is 1.29 bits per heavy atom. The smallest absolute Gasteiger partial charge is 0.429 e. The van der Waals surface area contributed by atoms with Crippen LogP contribution in [0.1, 0.15) is 41.0 Å². The molecule has 0 rings (SSSR count). The molecule has 0 aliphatic rings. The SMILES string of the molecule is C#CC(C)(CC)OC(=O)OC(C)(C)C. The van der Waals surface area contributed by atoms with Crippen molar-refractivity contribution in [1.82, 2.24) is 0 Å². The summed E-state index contributed by atoms with van der Waals surface area (Å²) < 4.78 is 10.00. The fourth-order valence-corrected chi connectivity index (χ4v) is 0.658. The average Bonchev–Trinajstić information content (AvgIpc) is 2.00. The van der Waals surface area contributed by atoms with E-state index < -0.39 is 17.4 Å². The van der Waals surface area contributed by atoms with E-state index in [2.05, 4.69) is 5.92 Å². The van der Waals surface area contributed by atoms with Crippen LogP contribution in [0.4, 0.5) is 4.79 Å². The Bertz CT molecular complexity index is 244. The molecule has 0 fully saturated rings. The lowest BCUT2D eigenvalue weighted by Gasteiger charge is -2.25. The average molecular weight is 198 g/mol. The van der Waals surface area contributed by atoms with Crippen LogP contribution in [-0.4, -0.2) is 17.4 Å². The van der Waals surface area contributed by atoms with Crippen LogP contribution < -0.4 is 0 Å². The molecule has 0 aliphatic carbocycles. The molecule has 0 N–H and O–H groups in total. The van der Waals surface area contributed by atoms with E-state index in [0.29, 0.717) is 6.42 Å². The highest BCUT2D eigenvalue weighted by Gasteiger charge is 2.27. The van der Waals surface area contributed by atoms with Gasteiger partial charge in [0.25, 0.3) is 0 Å². The highest BCUT2D eigenvalue weighted by atomic mass is 16.7. The van der Waals surface area contributed by atoms with Crippen molar-refractivity contribution in [2.75, 3.05) is 0 Å². The van der Waals surface area contributed by atoms with E-state index in [1.807, 2.05) is 6.92 Å². The number of hydrogen-bond acceptors (Lipinski definition) is 3. The number of ether oxygens (including phenoxy) is 2. The predicted octanol–water partition coefficient (Wildman–Crippen LogP) is 2.74. The Morgan fingerprint density at radius 2 is 1.79 bits per heavy atom. The van der Waals surface area contributed by atoms with E-state index >= 15 is 0 Å². The van der Waals surface area contributed by atoms with E-state index in [4.69, 9.17) is 15.9 Å². The van der Waals surface area contributed by atoms with Crippen molar-refractivity contribution in [2.24, 2.45) is 0 Å². The van der Waals surface area contributed by atoms with Crippen LogP contribution >= 0.6 is 0 Å². The summed E-state index contributed by atoms with van der Waals surface area (Å²) in [5, 5.41) is 0. The maximum atomic E-state index is 11.3. The standard InChI is InChI=1S/C11H18O3/c1-7-11(6,8-2)14-9(12)13-10(3,4)5/h1H,8H2,2-6H3. The fourth-order valence-electron chi connectivity index (χ4n) is 0.658. The Kier molecular flexibility index (Phi) is 4.00. The van der Waals surface area contributed by atoms with Gasteiger partial charge in [0, 0.05) is 0 Å². The summed E-state index contributed by atoms with van der Waals surface area (Å²) in [7, 11) is 0. The third-order valence-corrected chi connectivity index (χ3v) is 1.68. The normalized spacial score (nSPS) is 15.1. The molecule has 0 bridgehead atoms. The van der Waals surface area contributed by atoms with Gasteiger partial charge in [-0.15, -0.1) is 6.42 Å². The molecule has 0 aromatic carbocycles. The fraction of sp³-hybridized carbons (Fsp3) is 0.727. The Hall–Kier alpha value is -1.17. The van der Waals surface area contributed by atoms with Gasteiger partial charge in [0.2, 0.25) is 0 Å². The van der Waals surface area contributed by atoms with E-state index in [1.165, 1.54) is 0 Å². The van der Waals surface area contributed by atoms with Crippen molar-refractivity contribution in [3.63, 3.8) is 0 Å². The zero-order valence-corrected chi connectivity index (χ0v) is 9.51. The molecule has 0 saturated carbocycles. The van der Waals surface area contributed by atoms with E-state index in [9.17, 15) is 4.79 Å². The van der Waals surface area contributed by atoms with Crippen molar-refractivity contribution >= 4 is 6.16 Å². The number of rotatable bonds is 2. The van der Waals surface area contributed by atoms with Gasteiger partial charge in [-0.25, -0.2) is 4.79 Å². The van der Waals surface area contributed by atoms with Crippen LogP contribution in [0.5, 0.6) is 0 Å². The summed E-state index contributed by atoms with van der Waals surface area (Å²) in [6, 6.07) is 0. The second-order valence-electron chi connectivity index (χ2n) is 4.30.